The van der Waals surface area contributed by atoms with Gasteiger partial charge in [0.15, 0.2) is 5.13 Å². The van der Waals surface area contributed by atoms with E-state index in [0.717, 1.165) is 17.0 Å². The molecule has 2 rings (SSSR count). The van der Waals surface area contributed by atoms with Gasteiger partial charge in [-0.05, 0) is 5.92 Å². The molecule has 0 saturated carbocycles. The summed E-state index contributed by atoms with van der Waals surface area (Å²) in [5.41, 5.74) is 6.52. The van der Waals surface area contributed by atoms with Crippen molar-refractivity contribution in [1.82, 2.24) is 9.88 Å². The summed E-state index contributed by atoms with van der Waals surface area (Å²) in [6.07, 6.45) is 0.0415. The number of anilines is 1. The van der Waals surface area contributed by atoms with Crippen LogP contribution in [-0.2, 0) is 6.54 Å². The summed E-state index contributed by atoms with van der Waals surface area (Å²) in [5, 5.41) is 9.69. The number of aromatic nitrogens is 1. The number of nitrogen functional groups attached to an aromatic ring is 1. The lowest BCUT2D eigenvalue weighted by Crippen LogP contribution is -2.31. The number of fused-ring (bicyclic) bond motifs is 1. The SMILES string of the molecule is CC[C@H](C)C1c2nc(N)sc2CN1C(=O)O. The lowest BCUT2D eigenvalue weighted by atomic mass is 9.97. The zero-order valence-electron chi connectivity index (χ0n) is 9.30. The molecule has 0 aliphatic carbocycles. The Labute approximate surface area is 97.9 Å². The van der Waals surface area contributed by atoms with E-state index in [9.17, 15) is 4.79 Å². The number of hydrogen-bond acceptors (Lipinski definition) is 4. The molecule has 1 aliphatic rings. The van der Waals surface area contributed by atoms with E-state index in [1.54, 1.807) is 0 Å². The fourth-order valence-electron chi connectivity index (χ4n) is 2.11. The lowest BCUT2D eigenvalue weighted by molar-refractivity contribution is 0.111. The van der Waals surface area contributed by atoms with E-state index in [4.69, 9.17) is 10.8 Å². The third kappa shape index (κ3) is 1.63. The Morgan fingerprint density at radius 1 is 1.81 bits per heavy atom. The molecule has 1 aliphatic heterocycles. The van der Waals surface area contributed by atoms with Crippen molar-refractivity contribution in [2.24, 2.45) is 5.92 Å². The molecule has 1 aromatic rings. The van der Waals surface area contributed by atoms with Gasteiger partial charge in [0.2, 0.25) is 0 Å². The molecule has 0 radical (unpaired) electrons. The van der Waals surface area contributed by atoms with Crippen LogP contribution >= 0.6 is 11.3 Å². The van der Waals surface area contributed by atoms with Crippen molar-refractivity contribution in [2.45, 2.75) is 32.9 Å². The maximum atomic E-state index is 11.2. The number of carbonyl (C=O) groups is 1. The van der Waals surface area contributed by atoms with Gasteiger partial charge in [-0.1, -0.05) is 20.3 Å². The molecular weight excluding hydrogens is 226 g/mol. The van der Waals surface area contributed by atoms with Crippen LogP contribution in [-0.4, -0.2) is 21.1 Å². The summed E-state index contributed by atoms with van der Waals surface area (Å²) in [6, 6.07) is -0.133. The molecule has 1 amide bonds. The molecule has 88 valence electrons. The predicted molar refractivity (Wildman–Crippen MR) is 62.3 cm³/mol. The van der Waals surface area contributed by atoms with Crippen LogP contribution in [0.4, 0.5) is 9.93 Å². The quantitative estimate of drug-likeness (QED) is 0.832. The summed E-state index contributed by atoms with van der Waals surface area (Å²) in [6.45, 7) is 4.53. The standard InChI is InChI=1S/C10H15N3O2S/c1-3-5(2)8-7-6(16-9(11)12-7)4-13(8)10(14)15/h5,8H,3-4H2,1-2H3,(H2,11,12)(H,14,15)/t5-,8?/m0/s1. The molecule has 5 nitrogen and oxygen atoms in total. The smallest absolute Gasteiger partial charge is 0.408 e. The first-order chi connectivity index (χ1) is 7.54. The zero-order chi connectivity index (χ0) is 11.9. The van der Waals surface area contributed by atoms with E-state index in [-0.39, 0.29) is 12.0 Å². The van der Waals surface area contributed by atoms with Crippen LogP contribution in [0.1, 0.15) is 36.9 Å². The average Bonchev–Trinajstić information content (AvgIpc) is 2.72. The Balaban J connectivity index is 2.37. The van der Waals surface area contributed by atoms with Crippen molar-refractivity contribution in [3.05, 3.63) is 10.6 Å². The van der Waals surface area contributed by atoms with Crippen LogP contribution in [0, 0.1) is 5.92 Å². The van der Waals surface area contributed by atoms with Crippen molar-refractivity contribution < 1.29 is 9.90 Å². The number of nitrogens with zero attached hydrogens (tertiary/aromatic N) is 2. The topological polar surface area (TPSA) is 79.5 Å². The summed E-state index contributed by atoms with van der Waals surface area (Å²) in [5.74, 6) is 0.263. The van der Waals surface area contributed by atoms with Gasteiger partial charge >= 0.3 is 6.09 Å². The summed E-state index contributed by atoms with van der Waals surface area (Å²) in [4.78, 5) is 17.9. The first kappa shape index (κ1) is 11.2. The van der Waals surface area contributed by atoms with E-state index >= 15 is 0 Å². The van der Waals surface area contributed by atoms with Crippen LogP contribution < -0.4 is 5.73 Å². The second kappa shape index (κ2) is 3.93. The average molecular weight is 241 g/mol. The third-order valence-corrected chi connectivity index (χ3v) is 3.99. The molecule has 1 aromatic heterocycles. The Kier molecular flexibility index (Phi) is 2.75. The minimum Gasteiger partial charge on any atom is -0.465 e. The molecule has 0 aromatic carbocycles. The van der Waals surface area contributed by atoms with Gasteiger partial charge in [0.25, 0.3) is 0 Å². The molecule has 2 atom stereocenters. The Bertz CT molecular complexity index is 418. The highest BCUT2D eigenvalue weighted by molar-refractivity contribution is 7.15. The van der Waals surface area contributed by atoms with Crippen LogP contribution in [0.15, 0.2) is 0 Å². The van der Waals surface area contributed by atoms with Gasteiger partial charge in [0.1, 0.15) is 0 Å². The Hall–Kier alpha value is -1.30. The van der Waals surface area contributed by atoms with Gasteiger partial charge in [-0.2, -0.15) is 0 Å². The Morgan fingerprint density at radius 2 is 2.50 bits per heavy atom. The fourth-order valence-corrected chi connectivity index (χ4v) is 2.99. The van der Waals surface area contributed by atoms with Gasteiger partial charge in [-0.25, -0.2) is 9.78 Å². The lowest BCUT2D eigenvalue weighted by Gasteiger charge is -2.26. The zero-order valence-corrected chi connectivity index (χ0v) is 10.1. The van der Waals surface area contributed by atoms with Gasteiger partial charge in [-0.15, -0.1) is 11.3 Å². The largest absolute Gasteiger partial charge is 0.465 e. The maximum Gasteiger partial charge on any atom is 0.408 e. The Morgan fingerprint density at radius 3 is 3.06 bits per heavy atom. The van der Waals surface area contributed by atoms with Gasteiger partial charge in [-0.3, -0.25) is 4.90 Å². The van der Waals surface area contributed by atoms with Crippen molar-refractivity contribution in [3.8, 4) is 0 Å². The number of thiazole rings is 1. The van der Waals surface area contributed by atoms with Gasteiger partial charge < -0.3 is 10.8 Å². The number of amides is 1. The van der Waals surface area contributed by atoms with Crippen molar-refractivity contribution >= 4 is 22.6 Å². The normalized spacial score (nSPS) is 20.9. The number of rotatable bonds is 2. The number of carboxylic acid groups (broad SMARTS) is 1. The summed E-state index contributed by atoms with van der Waals surface area (Å²) >= 11 is 1.39. The van der Waals surface area contributed by atoms with Gasteiger partial charge in [0, 0.05) is 0 Å². The van der Waals surface area contributed by atoms with Crippen LogP contribution in [0.3, 0.4) is 0 Å². The highest BCUT2D eigenvalue weighted by atomic mass is 32.1. The summed E-state index contributed by atoms with van der Waals surface area (Å²) < 4.78 is 0. The second-order valence-corrected chi connectivity index (χ2v) is 5.22. The third-order valence-electron chi connectivity index (χ3n) is 3.10. The molecule has 0 spiro atoms. The second-order valence-electron chi connectivity index (χ2n) is 4.10. The number of nitrogens with two attached hydrogens (primary N) is 1. The molecule has 2 heterocycles. The van der Waals surface area contributed by atoms with E-state index < -0.39 is 6.09 Å². The first-order valence-corrected chi connectivity index (χ1v) is 6.10. The van der Waals surface area contributed by atoms with Crippen molar-refractivity contribution in [2.75, 3.05) is 5.73 Å². The monoisotopic (exact) mass is 241 g/mol. The molecule has 0 bridgehead atoms. The van der Waals surface area contributed by atoms with Crippen LogP contribution in [0.5, 0.6) is 0 Å². The summed E-state index contributed by atoms with van der Waals surface area (Å²) in [7, 11) is 0. The first-order valence-electron chi connectivity index (χ1n) is 5.29. The predicted octanol–water partition coefficient (Wildman–Crippen LogP) is 2.31. The molecule has 0 saturated heterocycles. The van der Waals surface area contributed by atoms with Crippen molar-refractivity contribution in [3.63, 3.8) is 0 Å². The molecule has 3 N–H and O–H groups in total. The molecule has 0 fully saturated rings. The van der Waals surface area contributed by atoms with Crippen LogP contribution in [0.2, 0.25) is 0 Å². The van der Waals surface area contributed by atoms with Crippen LogP contribution in [0.25, 0.3) is 0 Å². The minimum absolute atomic E-state index is 0.133. The minimum atomic E-state index is -0.880. The maximum absolute atomic E-state index is 11.2. The molecular formula is C10H15N3O2S. The fraction of sp³-hybridized carbons (Fsp3) is 0.600. The van der Waals surface area contributed by atoms with E-state index in [1.165, 1.54) is 16.2 Å². The molecule has 6 heteroatoms. The van der Waals surface area contributed by atoms with Gasteiger partial charge in [0.05, 0.1) is 23.2 Å². The molecule has 1 unspecified atom stereocenters. The molecule has 16 heavy (non-hydrogen) atoms. The van der Waals surface area contributed by atoms with E-state index in [1.807, 2.05) is 6.92 Å². The highest BCUT2D eigenvalue weighted by Crippen LogP contribution is 2.42. The highest BCUT2D eigenvalue weighted by Gasteiger charge is 2.39. The van der Waals surface area contributed by atoms with Crippen molar-refractivity contribution in [1.29, 1.82) is 0 Å². The van der Waals surface area contributed by atoms with E-state index in [0.29, 0.717) is 11.7 Å². The number of hydrogen-bond donors (Lipinski definition) is 2. The van der Waals surface area contributed by atoms with E-state index in [2.05, 4.69) is 11.9 Å².